The Morgan fingerprint density at radius 2 is 2.12 bits per heavy atom. The van der Waals surface area contributed by atoms with E-state index < -0.39 is 0 Å². The van der Waals surface area contributed by atoms with Crippen molar-refractivity contribution in [3.8, 4) is 0 Å². The molecule has 0 fully saturated rings. The molecular weight excluding hydrogens is 196 g/mol. The second kappa shape index (κ2) is 4.54. The van der Waals surface area contributed by atoms with Crippen LogP contribution in [-0.2, 0) is 13.0 Å². The number of nitrogens with zero attached hydrogens (tertiary/aromatic N) is 1. The molecule has 2 N–H and O–H groups in total. The zero-order valence-corrected chi connectivity index (χ0v) is 9.74. The molecule has 0 atom stereocenters. The molecule has 1 aromatic carbocycles. The van der Waals surface area contributed by atoms with E-state index in [-0.39, 0.29) is 0 Å². The molecule has 16 heavy (non-hydrogen) atoms. The molecule has 0 saturated carbocycles. The number of para-hydroxylation sites is 1. The smallest absolute Gasteiger partial charge is 0.0488 e. The first-order chi connectivity index (χ1) is 7.79. The minimum absolute atomic E-state index is 0.697. The number of aromatic nitrogens is 1. The van der Waals surface area contributed by atoms with Gasteiger partial charge in [-0.05, 0) is 31.5 Å². The fourth-order valence-corrected chi connectivity index (χ4v) is 2.33. The Labute approximate surface area is 96.4 Å². The lowest BCUT2D eigenvalue weighted by Crippen LogP contribution is -2.04. The fraction of sp³-hybridized carbons (Fsp3) is 0.286. The summed E-state index contributed by atoms with van der Waals surface area (Å²) in [4.78, 5) is 0. The van der Waals surface area contributed by atoms with Gasteiger partial charge in [-0.1, -0.05) is 24.3 Å². The lowest BCUT2D eigenvalue weighted by Gasteiger charge is -2.04. The van der Waals surface area contributed by atoms with Gasteiger partial charge in [-0.3, -0.25) is 0 Å². The van der Waals surface area contributed by atoms with E-state index in [1.165, 1.54) is 22.2 Å². The lowest BCUT2D eigenvalue weighted by molar-refractivity contribution is 0.813. The van der Waals surface area contributed by atoms with Crippen LogP contribution in [0.2, 0.25) is 0 Å². The molecule has 0 aliphatic carbocycles. The summed E-state index contributed by atoms with van der Waals surface area (Å²) in [6.07, 6.45) is 2.88. The van der Waals surface area contributed by atoms with Crippen LogP contribution in [0.4, 0.5) is 0 Å². The van der Waals surface area contributed by atoms with Crippen molar-refractivity contribution in [2.75, 3.05) is 6.54 Å². The average Bonchev–Trinajstić information content (AvgIpc) is 2.56. The van der Waals surface area contributed by atoms with Crippen LogP contribution >= 0.6 is 0 Å². The number of fused-ring (bicyclic) bond motifs is 1. The molecule has 2 rings (SSSR count). The number of allylic oxidation sites excluding steroid dienone is 1. The van der Waals surface area contributed by atoms with Gasteiger partial charge in [0.2, 0.25) is 0 Å². The van der Waals surface area contributed by atoms with Crippen LogP contribution in [0.5, 0.6) is 0 Å². The largest absolute Gasteiger partial charge is 0.341 e. The summed E-state index contributed by atoms with van der Waals surface area (Å²) in [7, 11) is 0. The van der Waals surface area contributed by atoms with E-state index in [1.807, 2.05) is 6.08 Å². The number of rotatable bonds is 4. The molecule has 1 aromatic heterocycles. The first kappa shape index (κ1) is 11.0. The van der Waals surface area contributed by atoms with Crippen molar-refractivity contribution in [2.24, 2.45) is 5.73 Å². The highest BCUT2D eigenvalue weighted by Gasteiger charge is 2.11. The maximum absolute atomic E-state index is 5.67. The van der Waals surface area contributed by atoms with Crippen molar-refractivity contribution in [1.29, 1.82) is 0 Å². The van der Waals surface area contributed by atoms with Crippen LogP contribution < -0.4 is 5.73 Å². The summed E-state index contributed by atoms with van der Waals surface area (Å²) in [5, 5.41) is 1.33. The van der Waals surface area contributed by atoms with Crippen LogP contribution in [-0.4, -0.2) is 11.1 Å². The first-order valence-electron chi connectivity index (χ1n) is 5.67. The minimum Gasteiger partial charge on any atom is -0.341 e. The van der Waals surface area contributed by atoms with Crippen molar-refractivity contribution < 1.29 is 0 Å². The minimum atomic E-state index is 0.697. The molecule has 0 spiro atoms. The van der Waals surface area contributed by atoms with E-state index in [2.05, 4.69) is 42.3 Å². The van der Waals surface area contributed by atoms with Crippen molar-refractivity contribution in [3.05, 3.63) is 48.2 Å². The zero-order valence-electron chi connectivity index (χ0n) is 9.74. The Hall–Kier alpha value is -1.54. The standard InChI is InChI=1S/C14H18N2/c1-3-10-16-11(2)12(8-9-15)13-6-4-5-7-14(13)16/h3-7H,1,8-10,15H2,2H3. The monoisotopic (exact) mass is 214 g/mol. The average molecular weight is 214 g/mol. The maximum Gasteiger partial charge on any atom is 0.0488 e. The Morgan fingerprint density at radius 1 is 1.38 bits per heavy atom. The summed E-state index contributed by atoms with van der Waals surface area (Å²) in [5.41, 5.74) is 9.64. The van der Waals surface area contributed by atoms with Gasteiger partial charge in [0.1, 0.15) is 0 Å². The third-order valence-electron chi connectivity index (χ3n) is 3.07. The Morgan fingerprint density at radius 3 is 2.81 bits per heavy atom. The normalized spacial score (nSPS) is 10.9. The molecule has 0 unspecified atom stereocenters. The summed E-state index contributed by atoms with van der Waals surface area (Å²) in [5.74, 6) is 0. The van der Waals surface area contributed by atoms with Crippen LogP contribution in [0.25, 0.3) is 10.9 Å². The van der Waals surface area contributed by atoms with E-state index in [9.17, 15) is 0 Å². The molecular formula is C14H18N2. The van der Waals surface area contributed by atoms with Gasteiger partial charge in [-0.25, -0.2) is 0 Å². The van der Waals surface area contributed by atoms with E-state index in [0.29, 0.717) is 6.54 Å². The molecule has 0 bridgehead atoms. The van der Waals surface area contributed by atoms with Crippen LogP contribution in [0.15, 0.2) is 36.9 Å². The zero-order chi connectivity index (χ0) is 11.5. The molecule has 84 valence electrons. The van der Waals surface area contributed by atoms with Crippen molar-refractivity contribution in [1.82, 2.24) is 4.57 Å². The van der Waals surface area contributed by atoms with Gasteiger partial charge in [-0.15, -0.1) is 6.58 Å². The number of hydrogen-bond acceptors (Lipinski definition) is 1. The first-order valence-corrected chi connectivity index (χ1v) is 5.67. The highest BCUT2D eigenvalue weighted by molar-refractivity contribution is 5.85. The molecule has 2 aromatic rings. The summed E-state index contributed by atoms with van der Waals surface area (Å²) >= 11 is 0. The highest BCUT2D eigenvalue weighted by Crippen LogP contribution is 2.25. The Kier molecular flexibility index (Phi) is 3.11. The van der Waals surface area contributed by atoms with Gasteiger partial charge < -0.3 is 10.3 Å². The van der Waals surface area contributed by atoms with Crippen molar-refractivity contribution in [3.63, 3.8) is 0 Å². The van der Waals surface area contributed by atoms with Gasteiger partial charge in [0.15, 0.2) is 0 Å². The van der Waals surface area contributed by atoms with Gasteiger partial charge in [0.25, 0.3) is 0 Å². The third-order valence-corrected chi connectivity index (χ3v) is 3.07. The Balaban J connectivity index is 2.69. The van der Waals surface area contributed by atoms with Crippen LogP contribution in [0.1, 0.15) is 11.3 Å². The molecule has 1 heterocycles. The van der Waals surface area contributed by atoms with E-state index in [4.69, 9.17) is 5.73 Å². The topological polar surface area (TPSA) is 30.9 Å². The second-order valence-corrected chi connectivity index (χ2v) is 4.02. The predicted molar refractivity (Wildman–Crippen MR) is 69.6 cm³/mol. The van der Waals surface area contributed by atoms with E-state index >= 15 is 0 Å². The van der Waals surface area contributed by atoms with Gasteiger partial charge in [-0.2, -0.15) is 0 Å². The van der Waals surface area contributed by atoms with Crippen LogP contribution in [0.3, 0.4) is 0 Å². The van der Waals surface area contributed by atoms with E-state index in [0.717, 1.165) is 13.0 Å². The van der Waals surface area contributed by atoms with Crippen molar-refractivity contribution >= 4 is 10.9 Å². The second-order valence-electron chi connectivity index (χ2n) is 4.02. The SMILES string of the molecule is C=CCn1c(C)c(CCN)c2ccccc21. The Bertz CT molecular complexity index is 509. The van der Waals surface area contributed by atoms with Gasteiger partial charge in [0.05, 0.1) is 0 Å². The molecule has 0 aliphatic rings. The predicted octanol–water partition coefficient (Wildman–Crippen LogP) is 2.64. The van der Waals surface area contributed by atoms with Crippen LogP contribution in [0, 0.1) is 6.92 Å². The molecule has 0 radical (unpaired) electrons. The summed E-state index contributed by atoms with van der Waals surface area (Å²) in [6.45, 7) is 7.53. The highest BCUT2D eigenvalue weighted by atomic mass is 15.0. The molecule has 2 heteroatoms. The van der Waals surface area contributed by atoms with Crippen molar-refractivity contribution in [2.45, 2.75) is 19.9 Å². The molecule has 0 saturated heterocycles. The number of nitrogens with two attached hydrogens (primary N) is 1. The maximum atomic E-state index is 5.67. The molecule has 2 nitrogen and oxygen atoms in total. The summed E-state index contributed by atoms with van der Waals surface area (Å²) < 4.78 is 2.30. The summed E-state index contributed by atoms with van der Waals surface area (Å²) in [6, 6.07) is 8.49. The van der Waals surface area contributed by atoms with E-state index in [1.54, 1.807) is 0 Å². The fourth-order valence-electron chi connectivity index (χ4n) is 2.33. The third kappa shape index (κ3) is 1.65. The molecule has 0 amide bonds. The van der Waals surface area contributed by atoms with Gasteiger partial charge >= 0.3 is 0 Å². The van der Waals surface area contributed by atoms with Gasteiger partial charge in [0, 0.05) is 23.1 Å². The quantitative estimate of drug-likeness (QED) is 0.779. The lowest BCUT2D eigenvalue weighted by atomic mass is 10.1. The number of benzene rings is 1. The molecule has 0 aliphatic heterocycles. The number of hydrogen-bond donors (Lipinski definition) is 1.